The van der Waals surface area contributed by atoms with Crippen molar-refractivity contribution in [1.82, 2.24) is 15.2 Å². The van der Waals surface area contributed by atoms with Crippen LogP contribution in [0, 0.1) is 5.92 Å². The predicted molar refractivity (Wildman–Crippen MR) is 66.3 cm³/mol. The number of hydrogen-bond donors (Lipinski definition) is 1. The summed E-state index contributed by atoms with van der Waals surface area (Å²) < 4.78 is 0. The minimum absolute atomic E-state index is 0.144. The number of nitrogens with zero attached hydrogens (tertiary/aromatic N) is 2. The number of rotatable bonds is 3. The number of likely N-dealkylation sites (tertiary alicyclic amines) is 1. The lowest BCUT2D eigenvalue weighted by Crippen LogP contribution is -2.41. The maximum Gasteiger partial charge on any atom is 0.224 e. The average molecular weight is 233 g/mol. The van der Waals surface area contributed by atoms with Crippen LogP contribution in [0.3, 0.4) is 0 Å². The Hall–Kier alpha value is -1.42. The van der Waals surface area contributed by atoms with Crippen molar-refractivity contribution in [2.24, 2.45) is 5.92 Å². The van der Waals surface area contributed by atoms with E-state index in [1.165, 1.54) is 0 Å². The highest BCUT2D eigenvalue weighted by Gasteiger charge is 2.23. The number of nitrogens with one attached hydrogen (secondary N) is 1. The molecule has 1 aromatic rings. The Kier molecular flexibility index (Phi) is 4.09. The molecule has 1 aromatic heterocycles. The Bertz CT molecular complexity index is 366. The Morgan fingerprint density at radius 2 is 2.53 bits per heavy atom. The SMILES string of the molecule is CN1CCC[C@@H](C(=O)NCc2cccnc2)C1. The van der Waals surface area contributed by atoms with Crippen LogP contribution in [-0.4, -0.2) is 35.9 Å². The van der Waals surface area contributed by atoms with Gasteiger partial charge in [0.05, 0.1) is 5.92 Å². The number of pyridine rings is 1. The molecule has 0 spiro atoms. The van der Waals surface area contributed by atoms with Crippen molar-refractivity contribution in [2.45, 2.75) is 19.4 Å². The molecule has 0 aliphatic carbocycles. The first-order chi connectivity index (χ1) is 8.25. The van der Waals surface area contributed by atoms with E-state index in [1.807, 2.05) is 12.1 Å². The molecule has 17 heavy (non-hydrogen) atoms. The number of carbonyl (C=O) groups excluding carboxylic acids is 1. The molecule has 1 atom stereocenters. The second-order valence-electron chi connectivity index (χ2n) is 4.68. The summed E-state index contributed by atoms with van der Waals surface area (Å²) in [5, 5.41) is 2.98. The van der Waals surface area contributed by atoms with Crippen molar-refractivity contribution in [3.8, 4) is 0 Å². The molecular weight excluding hydrogens is 214 g/mol. The number of hydrogen-bond acceptors (Lipinski definition) is 3. The van der Waals surface area contributed by atoms with Gasteiger partial charge in [-0.05, 0) is 38.1 Å². The van der Waals surface area contributed by atoms with Gasteiger partial charge in [0.2, 0.25) is 5.91 Å². The number of carbonyl (C=O) groups is 1. The van der Waals surface area contributed by atoms with Crippen LogP contribution in [0.15, 0.2) is 24.5 Å². The van der Waals surface area contributed by atoms with E-state index in [0.717, 1.165) is 31.5 Å². The van der Waals surface area contributed by atoms with Gasteiger partial charge < -0.3 is 10.2 Å². The summed E-state index contributed by atoms with van der Waals surface area (Å²) >= 11 is 0. The highest BCUT2D eigenvalue weighted by Crippen LogP contribution is 2.15. The van der Waals surface area contributed by atoms with Crippen LogP contribution in [0.5, 0.6) is 0 Å². The van der Waals surface area contributed by atoms with Gasteiger partial charge in [0.15, 0.2) is 0 Å². The summed E-state index contributed by atoms with van der Waals surface area (Å²) in [4.78, 5) is 18.2. The molecule has 92 valence electrons. The van der Waals surface area contributed by atoms with Crippen LogP contribution in [0.25, 0.3) is 0 Å². The standard InChI is InChI=1S/C13H19N3O/c1-16-7-3-5-12(10-16)13(17)15-9-11-4-2-6-14-8-11/h2,4,6,8,12H,3,5,7,9-10H2,1H3,(H,15,17)/t12-/m1/s1. The molecule has 0 aromatic carbocycles. The van der Waals surface area contributed by atoms with Gasteiger partial charge in [0.25, 0.3) is 0 Å². The fourth-order valence-corrected chi connectivity index (χ4v) is 2.22. The second kappa shape index (κ2) is 5.77. The summed E-state index contributed by atoms with van der Waals surface area (Å²) in [5.74, 6) is 0.311. The smallest absolute Gasteiger partial charge is 0.224 e. The lowest BCUT2D eigenvalue weighted by molar-refractivity contribution is -0.126. The second-order valence-corrected chi connectivity index (χ2v) is 4.68. The molecule has 0 unspecified atom stereocenters. The van der Waals surface area contributed by atoms with Crippen LogP contribution >= 0.6 is 0 Å². The van der Waals surface area contributed by atoms with Crippen molar-refractivity contribution in [1.29, 1.82) is 0 Å². The van der Waals surface area contributed by atoms with Gasteiger partial charge in [-0.25, -0.2) is 0 Å². The van der Waals surface area contributed by atoms with Crippen LogP contribution in [0.2, 0.25) is 0 Å². The third-order valence-electron chi connectivity index (χ3n) is 3.18. The van der Waals surface area contributed by atoms with Crippen LogP contribution in [0.1, 0.15) is 18.4 Å². The summed E-state index contributed by atoms with van der Waals surface area (Å²) in [7, 11) is 2.07. The molecule has 1 aliphatic heterocycles. The lowest BCUT2D eigenvalue weighted by atomic mass is 9.97. The molecule has 2 rings (SSSR count). The maximum atomic E-state index is 12.0. The molecule has 2 heterocycles. The first kappa shape index (κ1) is 12.0. The Labute approximate surface area is 102 Å². The molecule has 1 N–H and O–H groups in total. The molecular formula is C13H19N3O. The number of piperidine rings is 1. The van der Waals surface area contributed by atoms with Crippen molar-refractivity contribution in [3.05, 3.63) is 30.1 Å². The Morgan fingerprint density at radius 1 is 1.65 bits per heavy atom. The zero-order valence-corrected chi connectivity index (χ0v) is 10.2. The van der Waals surface area contributed by atoms with E-state index < -0.39 is 0 Å². The van der Waals surface area contributed by atoms with Crippen molar-refractivity contribution >= 4 is 5.91 Å². The van der Waals surface area contributed by atoms with E-state index in [9.17, 15) is 4.79 Å². The van der Waals surface area contributed by atoms with Crippen LogP contribution < -0.4 is 5.32 Å². The maximum absolute atomic E-state index is 12.0. The molecule has 0 bridgehead atoms. The van der Waals surface area contributed by atoms with E-state index in [4.69, 9.17) is 0 Å². The topological polar surface area (TPSA) is 45.2 Å². The molecule has 1 fully saturated rings. The summed E-state index contributed by atoms with van der Waals surface area (Å²) in [6, 6.07) is 3.86. The quantitative estimate of drug-likeness (QED) is 0.848. The third-order valence-corrected chi connectivity index (χ3v) is 3.18. The van der Waals surface area contributed by atoms with E-state index >= 15 is 0 Å². The van der Waals surface area contributed by atoms with E-state index in [-0.39, 0.29) is 11.8 Å². The van der Waals surface area contributed by atoms with Crippen molar-refractivity contribution in [3.63, 3.8) is 0 Å². The van der Waals surface area contributed by atoms with E-state index in [2.05, 4.69) is 22.2 Å². The minimum Gasteiger partial charge on any atom is -0.352 e. The molecule has 1 amide bonds. The van der Waals surface area contributed by atoms with Gasteiger partial charge in [-0.2, -0.15) is 0 Å². The highest BCUT2D eigenvalue weighted by atomic mass is 16.1. The fraction of sp³-hybridized carbons (Fsp3) is 0.538. The predicted octanol–water partition coefficient (Wildman–Crippen LogP) is 1.04. The van der Waals surface area contributed by atoms with E-state index in [0.29, 0.717) is 6.54 Å². The van der Waals surface area contributed by atoms with Gasteiger partial charge in [0.1, 0.15) is 0 Å². The van der Waals surface area contributed by atoms with Gasteiger partial charge in [-0.15, -0.1) is 0 Å². The highest BCUT2D eigenvalue weighted by molar-refractivity contribution is 5.78. The first-order valence-electron chi connectivity index (χ1n) is 6.11. The van der Waals surface area contributed by atoms with Crippen molar-refractivity contribution in [2.75, 3.05) is 20.1 Å². The number of aromatic nitrogens is 1. The molecule has 1 aliphatic rings. The van der Waals surface area contributed by atoms with Crippen molar-refractivity contribution < 1.29 is 4.79 Å². The molecule has 1 saturated heterocycles. The Morgan fingerprint density at radius 3 is 3.24 bits per heavy atom. The number of amides is 1. The van der Waals surface area contributed by atoms with Gasteiger partial charge in [-0.1, -0.05) is 6.07 Å². The van der Waals surface area contributed by atoms with E-state index in [1.54, 1.807) is 12.4 Å². The molecule has 4 heteroatoms. The third kappa shape index (κ3) is 3.53. The monoisotopic (exact) mass is 233 g/mol. The molecule has 0 saturated carbocycles. The summed E-state index contributed by atoms with van der Waals surface area (Å²) in [6.45, 7) is 2.55. The van der Waals surface area contributed by atoms with Gasteiger partial charge in [-0.3, -0.25) is 9.78 Å². The van der Waals surface area contributed by atoms with Gasteiger partial charge >= 0.3 is 0 Å². The molecule has 0 radical (unpaired) electrons. The largest absolute Gasteiger partial charge is 0.352 e. The van der Waals surface area contributed by atoms with Crippen LogP contribution in [0.4, 0.5) is 0 Å². The normalized spacial score (nSPS) is 21.1. The molecule has 4 nitrogen and oxygen atoms in total. The summed E-state index contributed by atoms with van der Waals surface area (Å²) in [6.07, 6.45) is 5.64. The average Bonchev–Trinajstić information content (AvgIpc) is 2.37. The van der Waals surface area contributed by atoms with Gasteiger partial charge in [0, 0.05) is 25.5 Å². The fourth-order valence-electron chi connectivity index (χ4n) is 2.22. The minimum atomic E-state index is 0.144. The summed E-state index contributed by atoms with van der Waals surface area (Å²) in [5.41, 5.74) is 1.05. The van der Waals surface area contributed by atoms with Crippen LogP contribution in [-0.2, 0) is 11.3 Å². The zero-order valence-electron chi connectivity index (χ0n) is 10.2. The first-order valence-corrected chi connectivity index (χ1v) is 6.11. The Balaban J connectivity index is 1.81. The lowest BCUT2D eigenvalue weighted by Gasteiger charge is -2.28. The zero-order chi connectivity index (χ0) is 12.1.